The van der Waals surface area contributed by atoms with Gasteiger partial charge in [-0.3, -0.25) is 0 Å². The Bertz CT molecular complexity index is 230. The van der Waals surface area contributed by atoms with Crippen LogP contribution in [-0.2, 0) is 6.42 Å². The molecule has 1 aromatic rings. The maximum Gasteiger partial charge on any atom is 0.0389 e. The molecule has 0 spiro atoms. The molecule has 0 heterocycles. The second-order valence-corrected chi connectivity index (χ2v) is 3.47. The molecule has 0 saturated carbocycles. The minimum absolute atomic E-state index is 0.177. The highest BCUT2D eigenvalue weighted by molar-refractivity contribution is 7.80. The summed E-state index contributed by atoms with van der Waals surface area (Å²) in [5.74, 6) is 0. The summed E-state index contributed by atoms with van der Waals surface area (Å²) in [4.78, 5) is 0. The molecule has 1 nitrogen and oxygen atoms in total. The molecular formula is C10H15NS. The van der Waals surface area contributed by atoms with Crippen LogP contribution in [-0.4, -0.2) is 6.54 Å². The van der Waals surface area contributed by atoms with Gasteiger partial charge in [0.15, 0.2) is 0 Å². The summed E-state index contributed by atoms with van der Waals surface area (Å²) in [7, 11) is 0. The lowest BCUT2D eigenvalue weighted by Gasteiger charge is -2.07. The third-order valence-electron chi connectivity index (χ3n) is 2.00. The highest BCUT2D eigenvalue weighted by Crippen LogP contribution is 2.18. The van der Waals surface area contributed by atoms with Crippen LogP contribution in [0.15, 0.2) is 24.3 Å². The monoisotopic (exact) mass is 181 g/mol. The first-order chi connectivity index (χ1) is 5.77. The van der Waals surface area contributed by atoms with Gasteiger partial charge in [0.1, 0.15) is 0 Å². The quantitative estimate of drug-likeness (QED) is 0.687. The average Bonchev–Trinajstić information content (AvgIpc) is 2.17. The van der Waals surface area contributed by atoms with Crippen molar-refractivity contribution in [1.29, 1.82) is 0 Å². The van der Waals surface area contributed by atoms with Gasteiger partial charge < -0.3 is 5.73 Å². The van der Waals surface area contributed by atoms with Crippen molar-refractivity contribution in [2.45, 2.75) is 18.6 Å². The van der Waals surface area contributed by atoms with Gasteiger partial charge in [-0.2, -0.15) is 12.6 Å². The molecule has 1 atom stereocenters. The van der Waals surface area contributed by atoms with Crippen LogP contribution in [0.25, 0.3) is 0 Å². The molecule has 0 bridgehead atoms. The Morgan fingerprint density at radius 3 is 2.33 bits per heavy atom. The summed E-state index contributed by atoms with van der Waals surface area (Å²) < 4.78 is 0. The van der Waals surface area contributed by atoms with E-state index in [1.807, 2.05) is 0 Å². The van der Waals surface area contributed by atoms with Crippen LogP contribution in [0.3, 0.4) is 0 Å². The molecule has 2 heteroatoms. The number of nitrogens with two attached hydrogens (primary N) is 1. The van der Waals surface area contributed by atoms with Crippen molar-refractivity contribution < 1.29 is 0 Å². The standard InChI is InChI=1S/C10H15NS/c1-2-8-3-5-9(6-4-8)10(12)7-11/h3-6,10,12H,2,7,11H2,1H3. The molecule has 1 unspecified atom stereocenters. The van der Waals surface area contributed by atoms with E-state index < -0.39 is 0 Å². The maximum atomic E-state index is 5.50. The van der Waals surface area contributed by atoms with Gasteiger partial charge in [0, 0.05) is 11.8 Å². The van der Waals surface area contributed by atoms with Crippen LogP contribution in [0, 0.1) is 0 Å². The van der Waals surface area contributed by atoms with Crippen molar-refractivity contribution >= 4 is 12.6 Å². The first-order valence-corrected chi connectivity index (χ1v) is 4.76. The number of hydrogen-bond acceptors (Lipinski definition) is 2. The van der Waals surface area contributed by atoms with Crippen LogP contribution in [0.4, 0.5) is 0 Å². The number of thiol groups is 1. The van der Waals surface area contributed by atoms with Crippen LogP contribution in [0.1, 0.15) is 23.3 Å². The zero-order chi connectivity index (χ0) is 8.97. The topological polar surface area (TPSA) is 26.0 Å². The van der Waals surface area contributed by atoms with E-state index in [-0.39, 0.29) is 5.25 Å². The number of hydrogen-bond donors (Lipinski definition) is 2. The van der Waals surface area contributed by atoms with E-state index in [0.29, 0.717) is 6.54 Å². The Labute approximate surface area is 79.4 Å². The second-order valence-electron chi connectivity index (χ2n) is 2.85. The van der Waals surface area contributed by atoms with Gasteiger partial charge >= 0.3 is 0 Å². The van der Waals surface area contributed by atoms with E-state index in [0.717, 1.165) is 6.42 Å². The van der Waals surface area contributed by atoms with Gasteiger partial charge in [-0.15, -0.1) is 0 Å². The van der Waals surface area contributed by atoms with Crippen LogP contribution in [0.5, 0.6) is 0 Å². The zero-order valence-corrected chi connectivity index (χ0v) is 8.22. The molecule has 0 radical (unpaired) electrons. The van der Waals surface area contributed by atoms with Gasteiger partial charge in [-0.25, -0.2) is 0 Å². The fourth-order valence-corrected chi connectivity index (χ4v) is 1.28. The molecule has 0 amide bonds. The smallest absolute Gasteiger partial charge is 0.0389 e. The van der Waals surface area contributed by atoms with Gasteiger partial charge in [-0.1, -0.05) is 31.2 Å². The average molecular weight is 181 g/mol. The van der Waals surface area contributed by atoms with Crippen molar-refractivity contribution in [3.63, 3.8) is 0 Å². The molecule has 1 rings (SSSR count). The van der Waals surface area contributed by atoms with E-state index >= 15 is 0 Å². The summed E-state index contributed by atoms with van der Waals surface area (Å²) in [6.07, 6.45) is 1.08. The van der Waals surface area contributed by atoms with Crippen LogP contribution < -0.4 is 5.73 Å². The fraction of sp³-hybridized carbons (Fsp3) is 0.400. The lowest BCUT2D eigenvalue weighted by atomic mass is 10.1. The van der Waals surface area contributed by atoms with Gasteiger partial charge in [-0.05, 0) is 17.5 Å². The van der Waals surface area contributed by atoms with Crippen molar-refractivity contribution in [2.24, 2.45) is 5.73 Å². The molecule has 0 aromatic heterocycles. The van der Waals surface area contributed by atoms with Crippen LogP contribution in [0.2, 0.25) is 0 Å². The number of aryl methyl sites for hydroxylation is 1. The van der Waals surface area contributed by atoms with E-state index in [1.54, 1.807) is 0 Å². The Hall–Kier alpha value is -0.470. The van der Waals surface area contributed by atoms with E-state index in [9.17, 15) is 0 Å². The Morgan fingerprint density at radius 1 is 1.33 bits per heavy atom. The summed E-state index contributed by atoms with van der Waals surface area (Å²) >= 11 is 4.36. The highest BCUT2D eigenvalue weighted by atomic mass is 32.1. The SMILES string of the molecule is CCc1ccc(C(S)CN)cc1. The molecule has 0 fully saturated rings. The number of benzene rings is 1. The lowest BCUT2D eigenvalue weighted by Crippen LogP contribution is -2.06. The first-order valence-electron chi connectivity index (χ1n) is 4.25. The van der Waals surface area contributed by atoms with E-state index in [2.05, 4.69) is 43.8 Å². The highest BCUT2D eigenvalue weighted by Gasteiger charge is 2.02. The van der Waals surface area contributed by atoms with Crippen molar-refractivity contribution in [3.05, 3.63) is 35.4 Å². The minimum atomic E-state index is 0.177. The molecule has 0 saturated heterocycles. The molecule has 1 aromatic carbocycles. The minimum Gasteiger partial charge on any atom is -0.329 e. The summed E-state index contributed by atoms with van der Waals surface area (Å²) in [6.45, 7) is 2.74. The van der Waals surface area contributed by atoms with Crippen LogP contribution >= 0.6 is 12.6 Å². The molecule has 12 heavy (non-hydrogen) atoms. The number of rotatable bonds is 3. The summed E-state index contributed by atoms with van der Waals surface area (Å²) in [5, 5.41) is 0.177. The van der Waals surface area contributed by atoms with Gasteiger partial charge in [0.2, 0.25) is 0 Å². The molecule has 0 aliphatic rings. The predicted octanol–water partition coefficient (Wildman–Crippen LogP) is 2.18. The van der Waals surface area contributed by atoms with Gasteiger partial charge in [0.25, 0.3) is 0 Å². The van der Waals surface area contributed by atoms with E-state index in [1.165, 1.54) is 11.1 Å². The molecular weight excluding hydrogens is 166 g/mol. The zero-order valence-electron chi connectivity index (χ0n) is 7.33. The predicted molar refractivity (Wildman–Crippen MR) is 56.6 cm³/mol. The van der Waals surface area contributed by atoms with Crippen molar-refractivity contribution in [1.82, 2.24) is 0 Å². The lowest BCUT2D eigenvalue weighted by molar-refractivity contribution is 0.947. The maximum absolute atomic E-state index is 5.50. The summed E-state index contributed by atoms with van der Waals surface area (Å²) in [6, 6.07) is 8.47. The largest absolute Gasteiger partial charge is 0.329 e. The normalized spacial score (nSPS) is 12.9. The summed E-state index contributed by atoms with van der Waals surface area (Å²) in [5.41, 5.74) is 8.06. The Kier molecular flexibility index (Phi) is 3.63. The molecule has 2 N–H and O–H groups in total. The van der Waals surface area contributed by atoms with Crippen molar-refractivity contribution in [2.75, 3.05) is 6.54 Å². The third-order valence-corrected chi connectivity index (χ3v) is 2.50. The second kappa shape index (κ2) is 4.53. The fourth-order valence-electron chi connectivity index (χ4n) is 1.11. The van der Waals surface area contributed by atoms with Crippen molar-refractivity contribution in [3.8, 4) is 0 Å². The van der Waals surface area contributed by atoms with Gasteiger partial charge in [0.05, 0.1) is 0 Å². The Morgan fingerprint density at radius 2 is 1.92 bits per heavy atom. The molecule has 0 aliphatic heterocycles. The molecule has 0 aliphatic carbocycles. The first kappa shape index (κ1) is 9.62. The van der Waals surface area contributed by atoms with E-state index in [4.69, 9.17) is 5.73 Å². The third kappa shape index (κ3) is 2.26. The molecule has 66 valence electrons. The Balaban J connectivity index is 2.77.